The van der Waals surface area contributed by atoms with E-state index in [0.29, 0.717) is 19.5 Å². The van der Waals surface area contributed by atoms with E-state index >= 15 is 0 Å². The van der Waals surface area contributed by atoms with Crippen LogP contribution in [0.25, 0.3) is 0 Å². The Balaban J connectivity index is 2.29. The highest BCUT2D eigenvalue weighted by Crippen LogP contribution is 2.13. The quantitative estimate of drug-likeness (QED) is 0.767. The first-order valence-corrected chi connectivity index (χ1v) is 6.48. The molecular formula is C11H17N3O3S. The predicted molar refractivity (Wildman–Crippen MR) is 68.6 cm³/mol. The first-order valence-electron chi connectivity index (χ1n) is 5.60. The number of urea groups is 1. The van der Waals surface area contributed by atoms with Gasteiger partial charge in [0.05, 0.1) is 17.7 Å². The SMILES string of the molecule is Cc1ncsc1CN(C)C(=O)NCCCC(=O)O. The Bertz CT molecular complexity index is 419. The van der Waals surface area contributed by atoms with Crippen LogP contribution in [0, 0.1) is 6.92 Å². The number of rotatable bonds is 6. The molecule has 1 aromatic rings. The summed E-state index contributed by atoms with van der Waals surface area (Å²) in [4.78, 5) is 28.7. The van der Waals surface area contributed by atoms with Gasteiger partial charge in [-0.05, 0) is 13.3 Å². The van der Waals surface area contributed by atoms with E-state index in [1.807, 2.05) is 6.92 Å². The fourth-order valence-corrected chi connectivity index (χ4v) is 2.16. The fourth-order valence-electron chi connectivity index (χ4n) is 1.34. The Morgan fingerprint density at radius 1 is 1.56 bits per heavy atom. The number of nitrogens with zero attached hydrogens (tertiary/aromatic N) is 2. The van der Waals surface area contributed by atoms with Gasteiger partial charge in [0, 0.05) is 24.9 Å². The van der Waals surface area contributed by atoms with Crippen LogP contribution >= 0.6 is 11.3 Å². The molecule has 0 aliphatic rings. The Labute approximate surface area is 110 Å². The van der Waals surface area contributed by atoms with Crippen molar-refractivity contribution in [2.45, 2.75) is 26.3 Å². The van der Waals surface area contributed by atoms with Crippen LogP contribution < -0.4 is 5.32 Å². The van der Waals surface area contributed by atoms with E-state index in [-0.39, 0.29) is 12.5 Å². The lowest BCUT2D eigenvalue weighted by atomic mass is 10.3. The molecule has 0 aliphatic carbocycles. The number of aryl methyl sites for hydroxylation is 1. The summed E-state index contributed by atoms with van der Waals surface area (Å²) in [5, 5.41) is 11.1. The third-order valence-corrected chi connectivity index (χ3v) is 3.34. The Hall–Kier alpha value is -1.63. The first-order chi connectivity index (χ1) is 8.50. The molecule has 0 saturated heterocycles. The third-order valence-electron chi connectivity index (χ3n) is 2.42. The summed E-state index contributed by atoms with van der Waals surface area (Å²) in [7, 11) is 1.70. The highest BCUT2D eigenvalue weighted by Gasteiger charge is 2.11. The molecule has 0 saturated carbocycles. The zero-order chi connectivity index (χ0) is 13.5. The molecule has 0 atom stereocenters. The number of carbonyl (C=O) groups excluding carboxylic acids is 1. The lowest BCUT2D eigenvalue weighted by Crippen LogP contribution is -2.37. The van der Waals surface area contributed by atoms with Gasteiger partial charge in [-0.3, -0.25) is 4.79 Å². The highest BCUT2D eigenvalue weighted by molar-refractivity contribution is 7.09. The number of aliphatic carboxylic acids is 1. The van der Waals surface area contributed by atoms with Crippen LogP contribution in [0.1, 0.15) is 23.4 Å². The minimum absolute atomic E-state index is 0.0674. The van der Waals surface area contributed by atoms with Crippen molar-refractivity contribution in [1.29, 1.82) is 0 Å². The van der Waals surface area contributed by atoms with E-state index in [4.69, 9.17) is 5.11 Å². The monoisotopic (exact) mass is 271 g/mol. The molecule has 6 nitrogen and oxygen atoms in total. The van der Waals surface area contributed by atoms with Gasteiger partial charge >= 0.3 is 12.0 Å². The lowest BCUT2D eigenvalue weighted by Gasteiger charge is -2.17. The fraction of sp³-hybridized carbons (Fsp3) is 0.545. The number of thiazole rings is 1. The maximum Gasteiger partial charge on any atom is 0.317 e. The molecule has 18 heavy (non-hydrogen) atoms. The molecule has 7 heteroatoms. The van der Waals surface area contributed by atoms with Gasteiger partial charge in [0.1, 0.15) is 0 Å². The number of aromatic nitrogens is 1. The smallest absolute Gasteiger partial charge is 0.317 e. The molecule has 100 valence electrons. The van der Waals surface area contributed by atoms with Gasteiger partial charge in [-0.15, -0.1) is 11.3 Å². The zero-order valence-corrected chi connectivity index (χ0v) is 11.3. The van der Waals surface area contributed by atoms with Gasteiger partial charge in [0.2, 0.25) is 0 Å². The number of hydrogen-bond acceptors (Lipinski definition) is 4. The molecule has 1 heterocycles. The summed E-state index contributed by atoms with van der Waals surface area (Å²) in [6, 6.07) is -0.201. The van der Waals surface area contributed by atoms with E-state index < -0.39 is 5.97 Å². The average Bonchev–Trinajstić information content (AvgIpc) is 2.70. The lowest BCUT2D eigenvalue weighted by molar-refractivity contribution is -0.137. The van der Waals surface area contributed by atoms with E-state index in [9.17, 15) is 9.59 Å². The van der Waals surface area contributed by atoms with Crippen LogP contribution in [-0.4, -0.2) is 40.6 Å². The maximum atomic E-state index is 11.7. The normalized spacial score (nSPS) is 10.1. The molecule has 0 radical (unpaired) electrons. The zero-order valence-electron chi connectivity index (χ0n) is 10.5. The number of carboxylic acids is 1. The minimum atomic E-state index is -0.849. The number of nitrogens with one attached hydrogen (secondary N) is 1. The van der Waals surface area contributed by atoms with Gasteiger partial charge in [-0.1, -0.05) is 0 Å². The van der Waals surface area contributed by atoms with Crippen molar-refractivity contribution in [3.63, 3.8) is 0 Å². The van der Waals surface area contributed by atoms with Crippen LogP contribution in [0.5, 0.6) is 0 Å². The average molecular weight is 271 g/mol. The van der Waals surface area contributed by atoms with Crippen molar-refractivity contribution < 1.29 is 14.7 Å². The Morgan fingerprint density at radius 3 is 2.83 bits per heavy atom. The van der Waals surface area contributed by atoms with E-state index in [2.05, 4.69) is 10.3 Å². The summed E-state index contributed by atoms with van der Waals surface area (Å²) >= 11 is 1.52. The first kappa shape index (κ1) is 14.4. The van der Waals surface area contributed by atoms with Gasteiger partial charge in [0.25, 0.3) is 0 Å². The second-order valence-electron chi connectivity index (χ2n) is 3.95. The van der Waals surface area contributed by atoms with Gasteiger partial charge < -0.3 is 15.3 Å². The molecular weight excluding hydrogens is 254 g/mol. The highest BCUT2D eigenvalue weighted by atomic mass is 32.1. The van der Waals surface area contributed by atoms with Crippen molar-refractivity contribution in [3.8, 4) is 0 Å². The molecule has 2 amide bonds. The van der Waals surface area contributed by atoms with Crippen molar-refractivity contribution in [2.24, 2.45) is 0 Å². The van der Waals surface area contributed by atoms with E-state index in [1.165, 1.54) is 11.3 Å². The molecule has 0 aromatic carbocycles. The Morgan fingerprint density at radius 2 is 2.28 bits per heavy atom. The van der Waals surface area contributed by atoms with Crippen LogP contribution in [0.4, 0.5) is 4.79 Å². The summed E-state index contributed by atoms with van der Waals surface area (Å²) in [6.45, 7) is 2.79. The molecule has 0 unspecified atom stereocenters. The molecule has 0 aliphatic heterocycles. The van der Waals surface area contributed by atoms with E-state index in [0.717, 1.165) is 10.6 Å². The molecule has 0 spiro atoms. The minimum Gasteiger partial charge on any atom is -0.481 e. The van der Waals surface area contributed by atoms with Crippen LogP contribution in [-0.2, 0) is 11.3 Å². The molecule has 1 rings (SSSR count). The second kappa shape index (κ2) is 6.95. The number of amides is 2. The molecule has 1 aromatic heterocycles. The predicted octanol–water partition coefficient (Wildman–Crippen LogP) is 1.46. The number of hydrogen-bond donors (Lipinski definition) is 2. The summed E-state index contributed by atoms with van der Waals surface area (Å²) in [5.74, 6) is -0.849. The van der Waals surface area contributed by atoms with Gasteiger partial charge in [-0.25, -0.2) is 9.78 Å². The standard InChI is InChI=1S/C11H17N3O3S/c1-8-9(18-7-13-8)6-14(2)11(17)12-5-3-4-10(15)16/h7H,3-6H2,1-2H3,(H,12,17)(H,15,16). The van der Waals surface area contributed by atoms with Crippen molar-refractivity contribution >= 4 is 23.3 Å². The van der Waals surface area contributed by atoms with Crippen LogP contribution in [0.3, 0.4) is 0 Å². The second-order valence-corrected chi connectivity index (χ2v) is 4.89. The van der Waals surface area contributed by atoms with Crippen LogP contribution in [0.15, 0.2) is 5.51 Å². The third kappa shape index (κ3) is 4.70. The van der Waals surface area contributed by atoms with Gasteiger partial charge in [0.15, 0.2) is 0 Å². The summed E-state index contributed by atoms with van der Waals surface area (Å²) in [5.41, 5.74) is 2.69. The van der Waals surface area contributed by atoms with Crippen molar-refractivity contribution in [1.82, 2.24) is 15.2 Å². The summed E-state index contributed by atoms with van der Waals surface area (Å²) < 4.78 is 0. The maximum absolute atomic E-state index is 11.7. The molecule has 0 fully saturated rings. The molecule has 2 N–H and O–H groups in total. The van der Waals surface area contributed by atoms with Crippen molar-refractivity contribution in [3.05, 3.63) is 16.1 Å². The Kier molecular flexibility index (Phi) is 5.57. The number of carboxylic acid groups (broad SMARTS) is 1. The summed E-state index contributed by atoms with van der Waals surface area (Å²) in [6.07, 6.45) is 0.506. The topological polar surface area (TPSA) is 82.5 Å². The van der Waals surface area contributed by atoms with Gasteiger partial charge in [-0.2, -0.15) is 0 Å². The van der Waals surface area contributed by atoms with Crippen LogP contribution in [0.2, 0.25) is 0 Å². The van der Waals surface area contributed by atoms with Crippen molar-refractivity contribution in [2.75, 3.05) is 13.6 Å². The van der Waals surface area contributed by atoms with E-state index in [1.54, 1.807) is 17.5 Å². The number of carbonyl (C=O) groups is 2. The molecule has 0 bridgehead atoms. The largest absolute Gasteiger partial charge is 0.481 e.